The predicted octanol–water partition coefficient (Wildman–Crippen LogP) is 3.61. The second-order valence-electron chi connectivity index (χ2n) is 5.22. The van der Waals surface area contributed by atoms with Crippen LogP contribution < -0.4 is 10.1 Å². The van der Waals surface area contributed by atoms with Gasteiger partial charge < -0.3 is 10.1 Å². The molecule has 0 heterocycles. The molecule has 0 aromatic heterocycles. The van der Waals surface area contributed by atoms with Crippen molar-refractivity contribution in [2.75, 3.05) is 18.2 Å². The van der Waals surface area contributed by atoms with Crippen LogP contribution in [-0.2, 0) is 16.6 Å². The van der Waals surface area contributed by atoms with Gasteiger partial charge in [0, 0.05) is 28.4 Å². The molecule has 0 spiro atoms. The van der Waals surface area contributed by atoms with Crippen molar-refractivity contribution in [3.05, 3.63) is 59.7 Å². The maximum atomic E-state index is 12.4. The van der Waals surface area contributed by atoms with Crippen molar-refractivity contribution in [2.45, 2.75) is 19.1 Å². The summed E-state index contributed by atoms with van der Waals surface area (Å²) in [5.74, 6) is 0.895. The first-order chi connectivity index (χ1) is 11.1. The zero-order valence-corrected chi connectivity index (χ0v) is 14.2. The monoisotopic (exact) mass is 331 g/mol. The van der Waals surface area contributed by atoms with Gasteiger partial charge in [-0.2, -0.15) is 0 Å². The topological polar surface area (TPSA) is 55.4 Å². The Morgan fingerprint density at radius 1 is 1.17 bits per heavy atom. The van der Waals surface area contributed by atoms with Crippen LogP contribution in [0.3, 0.4) is 0 Å². The second kappa shape index (κ2) is 8.48. The van der Waals surface area contributed by atoms with Crippen LogP contribution in [0.15, 0.2) is 48.5 Å². The fourth-order valence-corrected chi connectivity index (χ4v) is 2.79. The van der Waals surface area contributed by atoms with Gasteiger partial charge in [-0.05, 0) is 36.2 Å². The summed E-state index contributed by atoms with van der Waals surface area (Å²) in [7, 11) is -0.935. The summed E-state index contributed by atoms with van der Waals surface area (Å²) < 4.78 is 17.0. The molecule has 0 aliphatic carbocycles. The number of anilines is 1. The van der Waals surface area contributed by atoms with Crippen LogP contribution in [0.4, 0.5) is 5.69 Å². The Kier molecular flexibility index (Phi) is 6.35. The lowest BCUT2D eigenvalue weighted by Gasteiger charge is -2.12. The lowest BCUT2D eigenvalue weighted by Crippen LogP contribution is -2.13. The smallest absolute Gasteiger partial charge is 0.255 e. The fourth-order valence-electron chi connectivity index (χ4n) is 2.14. The number of para-hydroxylation sites is 2. The summed E-state index contributed by atoms with van der Waals surface area (Å²) in [6.45, 7) is 2.63. The lowest BCUT2D eigenvalue weighted by molar-refractivity contribution is 0.102. The molecular formula is C18H21NO3S. The maximum absolute atomic E-state index is 12.4. The molecule has 122 valence electrons. The van der Waals surface area contributed by atoms with Crippen LogP contribution >= 0.6 is 0 Å². The molecule has 4 nitrogen and oxygen atoms in total. The van der Waals surface area contributed by atoms with E-state index in [1.807, 2.05) is 37.3 Å². The number of carbonyl (C=O) groups is 1. The van der Waals surface area contributed by atoms with E-state index < -0.39 is 10.8 Å². The Labute approximate surface area is 139 Å². The molecule has 2 aromatic carbocycles. The molecule has 1 amide bonds. The Morgan fingerprint density at radius 3 is 2.70 bits per heavy atom. The summed E-state index contributed by atoms with van der Waals surface area (Å²) in [6, 6.07) is 14.6. The maximum Gasteiger partial charge on any atom is 0.255 e. The first-order valence-corrected chi connectivity index (χ1v) is 9.25. The molecule has 2 aromatic rings. The van der Waals surface area contributed by atoms with Gasteiger partial charge in [0.1, 0.15) is 5.75 Å². The van der Waals surface area contributed by atoms with Gasteiger partial charge in [0.25, 0.3) is 5.91 Å². The molecule has 0 radical (unpaired) electrons. The highest BCUT2D eigenvalue weighted by molar-refractivity contribution is 7.83. The molecule has 0 aliphatic heterocycles. The number of rotatable bonds is 7. The number of carbonyl (C=O) groups excluding carboxylic acids is 1. The van der Waals surface area contributed by atoms with Crippen molar-refractivity contribution in [2.24, 2.45) is 0 Å². The van der Waals surface area contributed by atoms with Gasteiger partial charge in [0.15, 0.2) is 0 Å². The number of nitrogens with one attached hydrogen (secondary N) is 1. The highest BCUT2D eigenvalue weighted by Gasteiger charge is 2.10. The van der Waals surface area contributed by atoms with E-state index in [1.165, 1.54) is 0 Å². The lowest BCUT2D eigenvalue weighted by atomic mass is 10.1. The summed E-state index contributed by atoms with van der Waals surface area (Å²) in [6.07, 6.45) is 2.55. The largest absolute Gasteiger partial charge is 0.491 e. The van der Waals surface area contributed by atoms with Gasteiger partial charge in [-0.1, -0.05) is 31.2 Å². The Bertz CT molecular complexity index is 700. The summed E-state index contributed by atoms with van der Waals surface area (Å²) in [5, 5.41) is 2.88. The van der Waals surface area contributed by atoms with Crippen molar-refractivity contribution in [3.8, 4) is 5.75 Å². The number of hydrogen-bond acceptors (Lipinski definition) is 3. The first kappa shape index (κ1) is 17.2. The molecule has 5 heteroatoms. The van der Waals surface area contributed by atoms with E-state index in [-0.39, 0.29) is 5.91 Å². The van der Waals surface area contributed by atoms with E-state index in [4.69, 9.17) is 4.74 Å². The molecule has 1 N–H and O–H groups in total. The van der Waals surface area contributed by atoms with E-state index in [2.05, 4.69) is 5.32 Å². The third-order valence-electron chi connectivity index (χ3n) is 3.16. The zero-order valence-electron chi connectivity index (χ0n) is 13.4. The van der Waals surface area contributed by atoms with E-state index in [0.717, 1.165) is 12.0 Å². The Balaban J connectivity index is 2.14. The van der Waals surface area contributed by atoms with Crippen molar-refractivity contribution in [1.82, 2.24) is 0 Å². The standard InChI is InChI=1S/C18H21NO3S/c1-3-11-22-17-10-5-4-9-16(17)19-18(20)15-8-6-7-14(12-15)13-23(2)21/h4-10,12H,3,11,13H2,1-2H3,(H,19,20). The van der Waals surface area contributed by atoms with Gasteiger partial charge in [0.2, 0.25) is 0 Å². The van der Waals surface area contributed by atoms with Crippen LogP contribution in [0.25, 0.3) is 0 Å². The molecule has 0 aliphatic rings. The van der Waals surface area contributed by atoms with Crippen molar-refractivity contribution in [1.29, 1.82) is 0 Å². The van der Waals surface area contributed by atoms with Crippen molar-refractivity contribution < 1.29 is 13.7 Å². The van der Waals surface area contributed by atoms with Gasteiger partial charge in [-0.25, -0.2) is 0 Å². The average molecular weight is 331 g/mol. The Hall–Kier alpha value is -2.14. The van der Waals surface area contributed by atoms with Crippen molar-refractivity contribution in [3.63, 3.8) is 0 Å². The molecule has 1 atom stereocenters. The predicted molar refractivity (Wildman–Crippen MR) is 94.4 cm³/mol. The van der Waals surface area contributed by atoms with Gasteiger partial charge in [-0.3, -0.25) is 9.00 Å². The third kappa shape index (κ3) is 5.21. The molecule has 0 saturated heterocycles. The van der Waals surface area contributed by atoms with Gasteiger partial charge >= 0.3 is 0 Å². The van der Waals surface area contributed by atoms with Crippen molar-refractivity contribution >= 4 is 22.4 Å². The minimum absolute atomic E-state index is 0.207. The van der Waals surface area contributed by atoms with Gasteiger partial charge in [0.05, 0.1) is 12.3 Å². The molecule has 1 unspecified atom stereocenters. The molecule has 0 bridgehead atoms. The molecule has 0 saturated carbocycles. The highest BCUT2D eigenvalue weighted by Crippen LogP contribution is 2.24. The first-order valence-electron chi connectivity index (χ1n) is 7.52. The number of benzene rings is 2. The summed E-state index contributed by atoms with van der Waals surface area (Å²) in [5.41, 5.74) is 2.07. The van der Waals surface area contributed by atoms with E-state index in [1.54, 1.807) is 24.5 Å². The zero-order chi connectivity index (χ0) is 16.7. The molecule has 0 fully saturated rings. The second-order valence-corrected chi connectivity index (χ2v) is 6.65. The molecule has 2 rings (SSSR count). The van der Waals surface area contributed by atoms with Gasteiger partial charge in [-0.15, -0.1) is 0 Å². The third-order valence-corrected chi connectivity index (χ3v) is 3.90. The molecular weight excluding hydrogens is 310 g/mol. The number of hydrogen-bond donors (Lipinski definition) is 1. The highest BCUT2D eigenvalue weighted by atomic mass is 32.2. The minimum atomic E-state index is -0.935. The number of amides is 1. The fraction of sp³-hybridized carbons (Fsp3) is 0.278. The molecule has 23 heavy (non-hydrogen) atoms. The Morgan fingerprint density at radius 2 is 1.96 bits per heavy atom. The van der Waals surface area contributed by atoms with Crippen LogP contribution in [0.5, 0.6) is 5.75 Å². The summed E-state index contributed by atoms with van der Waals surface area (Å²) >= 11 is 0. The SMILES string of the molecule is CCCOc1ccccc1NC(=O)c1cccc(CS(C)=O)c1. The quantitative estimate of drug-likeness (QED) is 0.843. The van der Waals surface area contributed by atoms with E-state index in [0.29, 0.717) is 29.4 Å². The van der Waals surface area contributed by atoms with Crippen LogP contribution in [0.1, 0.15) is 29.3 Å². The summed E-state index contributed by atoms with van der Waals surface area (Å²) in [4.78, 5) is 12.4. The van der Waals surface area contributed by atoms with Crippen LogP contribution in [-0.4, -0.2) is 23.0 Å². The number of ether oxygens (including phenoxy) is 1. The van der Waals surface area contributed by atoms with Crippen LogP contribution in [0.2, 0.25) is 0 Å². The minimum Gasteiger partial charge on any atom is -0.491 e. The normalized spacial score (nSPS) is 11.7. The van der Waals surface area contributed by atoms with E-state index in [9.17, 15) is 9.00 Å². The average Bonchev–Trinajstić information content (AvgIpc) is 2.53. The van der Waals surface area contributed by atoms with Crippen LogP contribution in [0, 0.1) is 0 Å². The van der Waals surface area contributed by atoms with E-state index >= 15 is 0 Å².